The van der Waals surface area contributed by atoms with Crippen LogP contribution in [0.5, 0.6) is 5.75 Å². The fraction of sp³-hybridized carbons (Fsp3) is 0.0909. The van der Waals surface area contributed by atoms with Crippen molar-refractivity contribution in [1.29, 1.82) is 0 Å². The first-order valence-electron chi connectivity index (χ1n) is 8.99. The summed E-state index contributed by atoms with van der Waals surface area (Å²) in [5.74, 6) is 0.570. The molecular formula is C22H19N3O3S. The van der Waals surface area contributed by atoms with Crippen LogP contribution in [0.15, 0.2) is 78.3 Å². The van der Waals surface area contributed by atoms with Crippen molar-refractivity contribution < 1.29 is 14.3 Å². The van der Waals surface area contributed by atoms with Crippen molar-refractivity contribution in [3.63, 3.8) is 0 Å². The number of benzene rings is 2. The first kappa shape index (κ1) is 18.8. The molecule has 0 fully saturated rings. The first-order valence-corrected chi connectivity index (χ1v) is 9.87. The summed E-state index contributed by atoms with van der Waals surface area (Å²) in [6.45, 7) is 0.0983. The quantitative estimate of drug-likeness (QED) is 0.469. The third kappa shape index (κ3) is 4.30. The number of hydrogen-bond acceptors (Lipinski definition) is 5. The van der Waals surface area contributed by atoms with Crippen LogP contribution in [0.3, 0.4) is 0 Å². The van der Waals surface area contributed by atoms with E-state index in [9.17, 15) is 4.79 Å². The number of rotatable bonds is 6. The molecule has 0 atom stereocenters. The smallest absolute Gasteiger partial charge is 0.412 e. The Kier molecular flexibility index (Phi) is 5.58. The Balaban J connectivity index is 1.53. The molecule has 4 rings (SSSR count). The summed E-state index contributed by atoms with van der Waals surface area (Å²) in [6, 6.07) is 21.0. The molecule has 0 bridgehead atoms. The van der Waals surface area contributed by atoms with Gasteiger partial charge in [0.05, 0.1) is 23.4 Å². The average molecular weight is 405 g/mol. The van der Waals surface area contributed by atoms with Crippen molar-refractivity contribution in [3.8, 4) is 22.0 Å². The van der Waals surface area contributed by atoms with E-state index >= 15 is 0 Å². The number of aromatic nitrogens is 2. The van der Waals surface area contributed by atoms with Gasteiger partial charge in [-0.05, 0) is 35.7 Å². The van der Waals surface area contributed by atoms with Crippen LogP contribution >= 0.6 is 11.3 Å². The number of para-hydroxylation sites is 3. The van der Waals surface area contributed by atoms with E-state index in [0.717, 1.165) is 21.8 Å². The summed E-state index contributed by atoms with van der Waals surface area (Å²) in [5.41, 5.74) is 3.12. The summed E-state index contributed by atoms with van der Waals surface area (Å²) in [4.78, 5) is 13.3. The molecule has 4 aromatic rings. The highest BCUT2D eigenvalue weighted by molar-refractivity contribution is 7.13. The minimum Gasteiger partial charge on any atom is -0.495 e. The molecule has 0 unspecified atom stereocenters. The SMILES string of the molecule is COc1ccccc1NC(=O)OCc1cn(-c2ccccc2)nc1-c1cccs1. The number of ether oxygens (including phenoxy) is 2. The molecule has 2 heterocycles. The Morgan fingerprint density at radius 3 is 2.62 bits per heavy atom. The van der Waals surface area contributed by atoms with E-state index in [1.54, 1.807) is 35.3 Å². The predicted octanol–water partition coefficient (Wildman–Crippen LogP) is 5.36. The number of anilines is 1. The van der Waals surface area contributed by atoms with Gasteiger partial charge in [0.2, 0.25) is 0 Å². The highest BCUT2D eigenvalue weighted by atomic mass is 32.1. The van der Waals surface area contributed by atoms with Crippen LogP contribution in [0, 0.1) is 0 Å². The molecule has 0 aliphatic carbocycles. The first-order chi connectivity index (χ1) is 14.2. The number of carbonyl (C=O) groups excluding carboxylic acids is 1. The van der Waals surface area contributed by atoms with Gasteiger partial charge in [0.15, 0.2) is 0 Å². The molecule has 0 saturated heterocycles. The molecule has 0 aliphatic rings. The van der Waals surface area contributed by atoms with Crippen LogP contribution in [0.4, 0.5) is 10.5 Å². The van der Waals surface area contributed by atoms with Gasteiger partial charge in [0.1, 0.15) is 18.1 Å². The Bertz CT molecular complexity index is 1090. The van der Waals surface area contributed by atoms with Crippen LogP contribution in [-0.4, -0.2) is 23.0 Å². The van der Waals surface area contributed by atoms with E-state index in [0.29, 0.717) is 11.4 Å². The summed E-state index contributed by atoms with van der Waals surface area (Å²) >= 11 is 1.59. The maximum absolute atomic E-state index is 12.3. The Labute approximate surface area is 172 Å². The zero-order chi connectivity index (χ0) is 20.1. The number of nitrogens with one attached hydrogen (secondary N) is 1. The summed E-state index contributed by atoms with van der Waals surface area (Å²) in [6.07, 6.45) is 1.33. The van der Waals surface area contributed by atoms with E-state index in [1.165, 1.54) is 0 Å². The molecule has 1 amide bonds. The van der Waals surface area contributed by atoms with Crippen molar-refractivity contribution in [2.75, 3.05) is 12.4 Å². The van der Waals surface area contributed by atoms with E-state index in [4.69, 9.17) is 14.6 Å². The zero-order valence-corrected chi connectivity index (χ0v) is 16.6. The number of methoxy groups -OCH3 is 1. The second kappa shape index (κ2) is 8.62. The lowest BCUT2D eigenvalue weighted by molar-refractivity contribution is 0.155. The maximum atomic E-state index is 12.3. The van der Waals surface area contributed by atoms with E-state index in [1.807, 2.05) is 66.2 Å². The molecule has 0 radical (unpaired) electrons. The van der Waals surface area contributed by atoms with Gasteiger partial charge in [-0.1, -0.05) is 36.4 Å². The molecule has 6 nitrogen and oxygen atoms in total. The standard InChI is InChI=1S/C22H19N3O3S/c1-27-19-11-6-5-10-18(19)23-22(26)28-15-16-14-25(17-8-3-2-4-9-17)24-21(16)20-12-7-13-29-20/h2-14H,15H2,1H3,(H,23,26). The monoisotopic (exact) mass is 405 g/mol. The van der Waals surface area contributed by atoms with Gasteiger partial charge < -0.3 is 9.47 Å². The third-order valence-electron chi connectivity index (χ3n) is 4.27. The topological polar surface area (TPSA) is 65.4 Å². The molecular weight excluding hydrogens is 386 g/mol. The lowest BCUT2D eigenvalue weighted by atomic mass is 10.2. The zero-order valence-electron chi connectivity index (χ0n) is 15.7. The third-order valence-corrected chi connectivity index (χ3v) is 5.14. The number of amides is 1. The van der Waals surface area contributed by atoms with E-state index in [2.05, 4.69) is 5.32 Å². The molecule has 0 aliphatic heterocycles. The van der Waals surface area contributed by atoms with Gasteiger partial charge in [-0.15, -0.1) is 11.3 Å². The predicted molar refractivity (Wildman–Crippen MR) is 114 cm³/mol. The maximum Gasteiger partial charge on any atom is 0.412 e. The molecule has 146 valence electrons. The van der Waals surface area contributed by atoms with Crippen LogP contribution in [0.25, 0.3) is 16.3 Å². The van der Waals surface area contributed by atoms with Gasteiger partial charge in [0.25, 0.3) is 0 Å². The highest BCUT2D eigenvalue weighted by Gasteiger charge is 2.15. The molecule has 29 heavy (non-hydrogen) atoms. The number of nitrogens with zero attached hydrogens (tertiary/aromatic N) is 2. The number of thiophene rings is 1. The second-order valence-electron chi connectivity index (χ2n) is 6.16. The van der Waals surface area contributed by atoms with Gasteiger partial charge >= 0.3 is 6.09 Å². The summed E-state index contributed by atoms with van der Waals surface area (Å²) in [5, 5.41) is 9.42. The molecule has 1 N–H and O–H groups in total. The van der Waals surface area contributed by atoms with Crippen molar-refractivity contribution in [1.82, 2.24) is 9.78 Å². The molecule has 0 saturated carbocycles. The fourth-order valence-electron chi connectivity index (χ4n) is 2.89. The van der Waals surface area contributed by atoms with Crippen molar-refractivity contribution in [2.24, 2.45) is 0 Å². The van der Waals surface area contributed by atoms with Crippen molar-refractivity contribution in [3.05, 3.63) is 83.9 Å². The fourth-order valence-corrected chi connectivity index (χ4v) is 3.63. The largest absolute Gasteiger partial charge is 0.495 e. The van der Waals surface area contributed by atoms with Crippen LogP contribution in [0.2, 0.25) is 0 Å². The van der Waals surface area contributed by atoms with E-state index < -0.39 is 6.09 Å². The minimum absolute atomic E-state index is 0.0983. The highest BCUT2D eigenvalue weighted by Crippen LogP contribution is 2.28. The van der Waals surface area contributed by atoms with Gasteiger partial charge in [-0.25, -0.2) is 9.48 Å². The Morgan fingerprint density at radius 2 is 1.86 bits per heavy atom. The number of carbonyl (C=O) groups is 1. The molecule has 7 heteroatoms. The lowest BCUT2D eigenvalue weighted by Crippen LogP contribution is -2.14. The average Bonchev–Trinajstić information content (AvgIpc) is 3.43. The molecule has 0 spiro atoms. The van der Waals surface area contributed by atoms with Crippen LogP contribution < -0.4 is 10.1 Å². The summed E-state index contributed by atoms with van der Waals surface area (Å²) in [7, 11) is 1.55. The van der Waals surface area contributed by atoms with Crippen LogP contribution in [-0.2, 0) is 11.3 Å². The lowest BCUT2D eigenvalue weighted by Gasteiger charge is -2.10. The van der Waals surface area contributed by atoms with Gasteiger partial charge in [-0.2, -0.15) is 5.10 Å². The Hall–Kier alpha value is -3.58. The number of hydrogen-bond donors (Lipinski definition) is 1. The summed E-state index contributed by atoms with van der Waals surface area (Å²) < 4.78 is 12.5. The normalized spacial score (nSPS) is 10.5. The van der Waals surface area contributed by atoms with Crippen molar-refractivity contribution in [2.45, 2.75) is 6.61 Å². The molecule has 2 aromatic heterocycles. The second-order valence-corrected chi connectivity index (χ2v) is 7.11. The van der Waals surface area contributed by atoms with Gasteiger partial charge in [0, 0.05) is 11.8 Å². The van der Waals surface area contributed by atoms with E-state index in [-0.39, 0.29) is 6.61 Å². The van der Waals surface area contributed by atoms with Gasteiger partial charge in [-0.3, -0.25) is 5.32 Å². The molecule has 2 aromatic carbocycles. The minimum atomic E-state index is -0.556. The van der Waals surface area contributed by atoms with Crippen molar-refractivity contribution >= 4 is 23.1 Å². The Morgan fingerprint density at radius 1 is 1.07 bits per heavy atom. The van der Waals surface area contributed by atoms with Crippen LogP contribution in [0.1, 0.15) is 5.56 Å².